The fraction of sp³-hybridized carbons (Fsp3) is 0.375. The second kappa shape index (κ2) is 7.97. The van der Waals surface area contributed by atoms with Crippen LogP contribution in [0.2, 0.25) is 0 Å². The molecule has 0 amide bonds. The van der Waals surface area contributed by atoms with Crippen LogP contribution in [0.3, 0.4) is 0 Å². The van der Waals surface area contributed by atoms with Crippen molar-refractivity contribution in [3.05, 3.63) is 52.7 Å². The SMILES string of the molecule is CCNC(CCCOc1ccccc1)c1ccsc1. The van der Waals surface area contributed by atoms with Gasteiger partial charge in [-0.15, -0.1) is 0 Å². The lowest BCUT2D eigenvalue weighted by molar-refractivity contribution is 0.297. The van der Waals surface area contributed by atoms with E-state index in [9.17, 15) is 0 Å². The Labute approximate surface area is 119 Å². The second-order valence-electron chi connectivity index (χ2n) is 4.47. The molecular weight excluding hydrogens is 254 g/mol. The van der Waals surface area contributed by atoms with Crippen LogP contribution in [0.1, 0.15) is 31.4 Å². The molecule has 0 spiro atoms. The Bertz CT molecular complexity index is 441. The molecule has 1 N–H and O–H groups in total. The van der Waals surface area contributed by atoms with Gasteiger partial charge in [-0.3, -0.25) is 0 Å². The zero-order valence-electron chi connectivity index (χ0n) is 11.3. The van der Waals surface area contributed by atoms with E-state index < -0.39 is 0 Å². The smallest absolute Gasteiger partial charge is 0.119 e. The molecule has 0 saturated carbocycles. The third-order valence-corrected chi connectivity index (χ3v) is 3.75. The highest BCUT2D eigenvalue weighted by Gasteiger charge is 2.10. The second-order valence-corrected chi connectivity index (χ2v) is 5.25. The van der Waals surface area contributed by atoms with Gasteiger partial charge in [0.25, 0.3) is 0 Å². The average molecular weight is 275 g/mol. The van der Waals surface area contributed by atoms with Gasteiger partial charge in [0.2, 0.25) is 0 Å². The molecule has 19 heavy (non-hydrogen) atoms. The van der Waals surface area contributed by atoms with Gasteiger partial charge in [-0.25, -0.2) is 0 Å². The topological polar surface area (TPSA) is 21.3 Å². The van der Waals surface area contributed by atoms with Crippen molar-refractivity contribution < 1.29 is 4.74 Å². The maximum absolute atomic E-state index is 5.73. The van der Waals surface area contributed by atoms with Crippen LogP contribution in [-0.4, -0.2) is 13.2 Å². The summed E-state index contributed by atoms with van der Waals surface area (Å²) in [6.45, 7) is 3.93. The maximum Gasteiger partial charge on any atom is 0.119 e. The molecule has 102 valence electrons. The van der Waals surface area contributed by atoms with Crippen molar-refractivity contribution in [2.75, 3.05) is 13.2 Å². The third-order valence-electron chi connectivity index (χ3n) is 3.05. The van der Waals surface area contributed by atoms with Crippen LogP contribution in [0.15, 0.2) is 47.2 Å². The predicted octanol–water partition coefficient (Wildman–Crippen LogP) is 4.26. The number of rotatable bonds is 8. The Morgan fingerprint density at radius 3 is 2.74 bits per heavy atom. The maximum atomic E-state index is 5.73. The molecule has 2 nitrogen and oxygen atoms in total. The molecule has 2 aromatic rings. The third kappa shape index (κ3) is 4.69. The molecule has 0 bridgehead atoms. The molecule has 0 saturated heterocycles. The van der Waals surface area contributed by atoms with Gasteiger partial charge in [0.1, 0.15) is 5.75 Å². The number of nitrogens with one attached hydrogen (secondary N) is 1. The van der Waals surface area contributed by atoms with Gasteiger partial charge < -0.3 is 10.1 Å². The number of hydrogen-bond donors (Lipinski definition) is 1. The van der Waals surface area contributed by atoms with Gasteiger partial charge in [0.15, 0.2) is 0 Å². The van der Waals surface area contributed by atoms with Crippen LogP contribution in [0.4, 0.5) is 0 Å². The van der Waals surface area contributed by atoms with Crippen LogP contribution in [0.25, 0.3) is 0 Å². The molecule has 1 aromatic heterocycles. The predicted molar refractivity (Wildman–Crippen MR) is 81.9 cm³/mol. The lowest BCUT2D eigenvalue weighted by Gasteiger charge is -2.16. The van der Waals surface area contributed by atoms with Crippen molar-refractivity contribution in [1.29, 1.82) is 0 Å². The van der Waals surface area contributed by atoms with Gasteiger partial charge in [0, 0.05) is 6.04 Å². The fourth-order valence-electron chi connectivity index (χ4n) is 2.10. The number of para-hydroxylation sites is 1. The largest absolute Gasteiger partial charge is 0.494 e. The summed E-state index contributed by atoms with van der Waals surface area (Å²) in [6, 6.07) is 12.7. The highest BCUT2D eigenvalue weighted by Crippen LogP contribution is 2.21. The Hall–Kier alpha value is -1.32. The van der Waals surface area contributed by atoms with E-state index in [0.717, 1.165) is 31.7 Å². The molecule has 0 aliphatic rings. The first-order valence-electron chi connectivity index (χ1n) is 6.83. The van der Waals surface area contributed by atoms with Crippen LogP contribution in [-0.2, 0) is 0 Å². The lowest BCUT2D eigenvalue weighted by atomic mass is 10.1. The Morgan fingerprint density at radius 1 is 1.21 bits per heavy atom. The minimum atomic E-state index is 0.454. The first-order chi connectivity index (χ1) is 9.40. The molecule has 3 heteroatoms. The van der Waals surface area contributed by atoms with Crippen molar-refractivity contribution in [3.63, 3.8) is 0 Å². The highest BCUT2D eigenvalue weighted by atomic mass is 32.1. The van der Waals surface area contributed by atoms with Gasteiger partial charge in [0.05, 0.1) is 6.61 Å². The van der Waals surface area contributed by atoms with Crippen LogP contribution in [0, 0.1) is 0 Å². The molecule has 1 unspecified atom stereocenters. The molecule has 0 aliphatic carbocycles. The van der Waals surface area contributed by atoms with Gasteiger partial charge >= 0.3 is 0 Å². The van der Waals surface area contributed by atoms with Crippen LogP contribution >= 0.6 is 11.3 Å². The Kier molecular flexibility index (Phi) is 5.92. The van der Waals surface area contributed by atoms with E-state index in [0.29, 0.717) is 6.04 Å². The van der Waals surface area contributed by atoms with Crippen molar-refractivity contribution in [2.45, 2.75) is 25.8 Å². The van der Waals surface area contributed by atoms with E-state index in [-0.39, 0.29) is 0 Å². The minimum Gasteiger partial charge on any atom is -0.494 e. The minimum absolute atomic E-state index is 0.454. The summed E-state index contributed by atoms with van der Waals surface area (Å²) in [7, 11) is 0. The van der Waals surface area contributed by atoms with E-state index in [1.807, 2.05) is 30.3 Å². The summed E-state index contributed by atoms with van der Waals surface area (Å²) in [5.74, 6) is 0.957. The van der Waals surface area contributed by atoms with Gasteiger partial charge in [-0.05, 0) is 53.9 Å². The summed E-state index contributed by atoms with van der Waals surface area (Å²) in [6.07, 6.45) is 2.17. The van der Waals surface area contributed by atoms with E-state index in [1.165, 1.54) is 5.56 Å². The molecule has 0 aliphatic heterocycles. The Balaban J connectivity index is 1.74. The van der Waals surface area contributed by atoms with Gasteiger partial charge in [-0.1, -0.05) is 25.1 Å². The quantitative estimate of drug-likeness (QED) is 0.727. The number of benzene rings is 1. The summed E-state index contributed by atoms with van der Waals surface area (Å²) in [5, 5.41) is 7.90. The van der Waals surface area contributed by atoms with E-state index in [1.54, 1.807) is 11.3 Å². The summed E-state index contributed by atoms with van der Waals surface area (Å²) >= 11 is 1.76. The van der Waals surface area contributed by atoms with E-state index in [2.05, 4.69) is 29.1 Å². The van der Waals surface area contributed by atoms with Crippen molar-refractivity contribution >= 4 is 11.3 Å². The van der Waals surface area contributed by atoms with Crippen LogP contribution < -0.4 is 10.1 Å². The monoisotopic (exact) mass is 275 g/mol. The number of thiophene rings is 1. The first kappa shape index (κ1) is 14.1. The van der Waals surface area contributed by atoms with Crippen molar-refractivity contribution in [3.8, 4) is 5.75 Å². The lowest BCUT2D eigenvalue weighted by Crippen LogP contribution is -2.21. The Morgan fingerprint density at radius 2 is 2.05 bits per heavy atom. The standard InChI is InChI=1S/C16H21NOS/c1-2-17-16(14-10-12-19-13-14)9-6-11-18-15-7-4-3-5-8-15/h3-5,7-8,10,12-13,16-17H,2,6,9,11H2,1H3. The summed E-state index contributed by atoms with van der Waals surface area (Å²) < 4.78 is 5.73. The molecule has 2 rings (SSSR count). The normalized spacial score (nSPS) is 12.3. The molecule has 1 heterocycles. The average Bonchev–Trinajstić information content (AvgIpc) is 2.97. The van der Waals surface area contributed by atoms with E-state index in [4.69, 9.17) is 4.74 Å². The molecule has 1 aromatic carbocycles. The molecule has 0 radical (unpaired) electrons. The van der Waals surface area contributed by atoms with E-state index >= 15 is 0 Å². The zero-order chi connectivity index (χ0) is 13.3. The van der Waals surface area contributed by atoms with Crippen LogP contribution in [0.5, 0.6) is 5.75 Å². The summed E-state index contributed by atoms with van der Waals surface area (Å²) in [5.41, 5.74) is 1.39. The molecular formula is C16H21NOS. The zero-order valence-corrected chi connectivity index (χ0v) is 12.2. The molecule has 0 fully saturated rings. The summed E-state index contributed by atoms with van der Waals surface area (Å²) in [4.78, 5) is 0. The fourth-order valence-corrected chi connectivity index (χ4v) is 2.81. The van der Waals surface area contributed by atoms with Gasteiger partial charge in [-0.2, -0.15) is 11.3 Å². The first-order valence-corrected chi connectivity index (χ1v) is 7.77. The molecule has 1 atom stereocenters. The van der Waals surface area contributed by atoms with Crippen molar-refractivity contribution in [2.24, 2.45) is 0 Å². The number of hydrogen-bond acceptors (Lipinski definition) is 3. The highest BCUT2D eigenvalue weighted by molar-refractivity contribution is 7.07. The van der Waals surface area contributed by atoms with Crippen molar-refractivity contribution in [1.82, 2.24) is 5.32 Å². The number of ether oxygens (including phenoxy) is 1.